The Morgan fingerprint density at radius 1 is 0.519 bits per heavy atom. The zero-order chi connectivity index (χ0) is 18.8. The summed E-state index contributed by atoms with van der Waals surface area (Å²) in [5.41, 5.74) is 18.8. The summed E-state index contributed by atoms with van der Waals surface area (Å²) in [6.07, 6.45) is 0. The third-order valence-corrected chi connectivity index (χ3v) is 4.44. The summed E-state index contributed by atoms with van der Waals surface area (Å²) in [6.45, 7) is 0. The van der Waals surface area contributed by atoms with Crippen molar-refractivity contribution in [1.29, 1.82) is 0 Å². The molecule has 27 heavy (non-hydrogen) atoms. The van der Waals surface area contributed by atoms with Crippen LogP contribution in [0.3, 0.4) is 0 Å². The fourth-order valence-electron chi connectivity index (χ4n) is 2.95. The van der Waals surface area contributed by atoms with E-state index in [9.17, 15) is 5.11 Å². The third-order valence-electron chi connectivity index (χ3n) is 4.44. The number of hydrogen-bond acceptors (Lipinski definition) is 4. The highest BCUT2D eigenvalue weighted by atomic mass is 16.3. The molecule has 0 saturated carbocycles. The molecule has 0 amide bonds. The third kappa shape index (κ3) is 3.60. The van der Waals surface area contributed by atoms with Gasteiger partial charge in [0.2, 0.25) is 0 Å². The Bertz CT molecular complexity index is 916. The molecule has 0 aliphatic rings. The van der Waals surface area contributed by atoms with E-state index in [-0.39, 0.29) is 5.75 Å². The molecule has 0 unspecified atom stereocenters. The van der Waals surface area contributed by atoms with Crippen LogP contribution >= 0.6 is 0 Å². The van der Waals surface area contributed by atoms with Gasteiger partial charge in [0.15, 0.2) is 0 Å². The first-order valence-corrected chi connectivity index (χ1v) is 8.62. The minimum absolute atomic E-state index is 0.241. The van der Waals surface area contributed by atoms with Crippen LogP contribution < -0.4 is 11.5 Å². The van der Waals surface area contributed by atoms with Crippen LogP contribution in [-0.2, 0) is 0 Å². The van der Waals surface area contributed by atoms with Crippen LogP contribution in [-0.4, -0.2) is 10.1 Å². The van der Waals surface area contributed by atoms with Crippen molar-refractivity contribution in [2.75, 3.05) is 11.5 Å². The van der Waals surface area contributed by atoms with Crippen LogP contribution in [0.15, 0.2) is 84.9 Å². The van der Waals surface area contributed by atoms with Gasteiger partial charge in [-0.15, -0.1) is 0 Å². The number of nitrogen functional groups attached to an aromatic ring is 2. The number of pyridine rings is 1. The first-order chi connectivity index (χ1) is 13.1. The number of phenols is 1. The number of aromatic hydroxyl groups is 1. The van der Waals surface area contributed by atoms with Crippen LogP contribution in [0.2, 0.25) is 0 Å². The molecule has 0 aliphatic carbocycles. The highest BCUT2D eigenvalue weighted by Gasteiger charge is 2.09. The lowest BCUT2D eigenvalue weighted by molar-refractivity contribution is 0.475. The maximum absolute atomic E-state index is 9.58. The van der Waals surface area contributed by atoms with Crippen LogP contribution in [0.4, 0.5) is 11.4 Å². The molecule has 5 N–H and O–H groups in total. The van der Waals surface area contributed by atoms with Gasteiger partial charge in [-0.1, -0.05) is 36.4 Å². The molecule has 132 valence electrons. The molecule has 4 nitrogen and oxygen atoms in total. The van der Waals surface area contributed by atoms with Crippen LogP contribution in [0.5, 0.6) is 5.75 Å². The van der Waals surface area contributed by atoms with Crippen molar-refractivity contribution >= 4 is 11.4 Å². The van der Waals surface area contributed by atoms with E-state index >= 15 is 0 Å². The fraction of sp³-hybridized carbons (Fsp3) is 0. The van der Waals surface area contributed by atoms with E-state index in [1.54, 1.807) is 12.1 Å². The minimum Gasteiger partial charge on any atom is -0.508 e. The maximum atomic E-state index is 9.58. The molecule has 1 heterocycles. The second kappa shape index (κ2) is 6.84. The van der Waals surface area contributed by atoms with E-state index in [1.165, 1.54) is 0 Å². The van der Waals surface area contributed by atoms with Crippen molar-refractivity contribution in [3.8, 4) is 39.4 Å². The van der Waals surface area contributed by atoms with E-state index in [0.29, 0.717) is 11.4 Å². The topological polar surface area (TPSA) is 85.2 Å². The summed E-state index contributed by atoms with van der Waals surface area (Å²) in [7, 11) is 0. The molecule has 0 spiro atoms. The summed E-state index contributed by atoms with van der Waals surface area (Å²) < 4.78 is 0. The Balaban J connectivity index is 1.89. The van der Waals surface area contributed by atoms with Crippen molar-refractivity contribution in [2.24, 2.45) is 0 Å². The standard InChI is InChI=1S/C23H19N3O/c24-19-7-1-16(2-8-19)22-13-18(15-5-11-21(27)12-6-15)14-23(26-22)17-3-9-20(25)10-4-17/h1-14,27H,24-25H2. The molecule has 3 aromatic carbocycles. The van der Waals surface area contributed by atoms with Gasteiger partial charge in [0.05, 0.1) is 11.4 Å². The van der Waals surface area contributed by atoms with E-state index in [0.717, 1.165) is 33.6 Å². The second-order valence-corrected chi connectivity index (χ2v) is 6.42. The van der Waals surface area contributed by atoms with Crippen LogP contribution in [0.25, 0.3) is 33.6 Å². The van der Waals surface area contributed by atoms with Crippen molar-refractivity contribution in [3.05, 3.63) is 84.9 Å². The van der Waals surface area contributed by atoms with Gasteiger partial charge in [0.1, 0.15) is 5.75 Å². The summed E-state index contributed by atoms with van der Waals surface area (Å²) in [6, 6.07) is 26.6. The SMILES string of the molecule is Nc1ccc(-c2cc(-c3ccc(O)cc3)cc(-c3ccc(N)cc3)n2)cc1. The fourth-order valence-corrected chi connectivity index (χ4v) is 2.95. The second-order valence-electron chi connectivity index (χ2n) is 6.42. The summed E-state index contributed by atoms with van der Waals surface area (Å²) >= 11 is 0. The van der Waals surface area contributed by atoms with Crippen LogP contribution in [0.1, 0.15) is 0 Å². The smallest absolute Gasteiger partial charge is 0.115 e. The molecule has 0 radical (unpaired) electrons. The Morgan fingerprint density at radius 2 is 0.926 bits per heavy atom. The molecule has 0 fully saturated rings. The van der Waals surface area contributed by atoms with Gasteiger partial charge in [0, 0.05) is 22.5 Å². The number of rotatable bonds is 3. The molecular formula is C23H19N3O. The highest BCUT2D eigenvalue weighted by molar-refractivity contribution is 5.77. The summed E-state index contributed by atoms with van der Waals surface area (Å²) in [5, 5.41) is 9.58. The van der Waals surface area contributed by atoms with Gasteiger partial charge in [-0.05, 0) is 59.7 Å². The zero-order valence-corrected chi connectivity index (χ0v) is 14.6. The molecule has 4 aromatic rings. The molecule has 0 bridgehead atoms. The number of phenolic OH excluding ortho intramolecular Hbond substituents is 1. The van der Waals surface area contributed by atoms with E-state index in [2.05, 4.69) is 0 Å². The number of anilines is 2. The quantitative estimate of drug-likeness (QED) is 0.455. The monoisotopic (exact) mass is 353 g/mol. The van der Waals surface area contributed by atoms with Gasteiger partial charge in [0.25, 0.3) is 0 Å². The van der Waals surface area contributed by atoms with E-state index < -0.39 is 0 Å². The predicted molar refractivity (Wildman–Crippen MR) is 111 cm³/mol. The van der Waals surface area contributed by atoms with Gasteiger partial charge >= 0.3 is 0 Å². The maximum Gasteiger partial charge on any atom is 0.115 e. The summed E-state index contributed by atoms with van der Waals surface area (Å²) in [5.74, 6) is 0.241. The first kappa shape index (κ1) is 16.7. The zero-order valence-electron chi connectivity index (χ0n) is 14.6. The van der Waals surface area contributed by atoms with Crippen molar-refractivity contribution < 1.29 is 5.11 Å². The molecule has 4 rings (SSSR count). The Morgan fingerprint density at radius 3 is 1.37 bits per heavy atom. The van der Waals surface area contributed by atoms with Gasteiger partial charge < -0.3 is 16.6 Å². The Labute approximate surface area is 157 Å². The lowest BCUT2D eigenvalue weighted by atomic mass is 10.00. The number of aromatic nitrogens is 1. The Hall–Kier alpha value is -3.79. The average molecular weight is 353 g/mol. The largest absolute Gasteiger partial charge is 0.508 e. The van der Waals surface area contributed by atoms with E-state index in [1.807, 2.05) is 72.8 Å². The van der Waals surface area contributed by atoms with E-state index in [4.69, 9.17) is 16.5 Å². The van der Waals surface area contributed by atoms with Gasteiger partial charge in [-0.25, -0.2) is 4.98 Å². The number of nitrogens with zero attached hydrogens (tertiary/aromatic N) is 1. The van der Waals surface area contributed by atoms with Gasteiger partial charge in [-0.3, -0.25) is 0 Å². The molecule has 4 heteroatoms. The molecule has 0 atom stereocenters. The van der Waals surface area contributed by atoms with Crippen LogP contribution in [0, 0.1) is 0 Å². The average Bonchev–Trinajstić information content (AvgIpc) is 2.69. The first-order valence-electron chi connectivity index (χ1n) is 8.62. The summed E-state index contributed by atoms with van der Waals surface area (Å²) in [4.78, 5) is 4.85. The predicted octanol–water partition coefficient (Wildman–Crippen LogP) is 4.95. The van der Waals surface area contributed by atoms with Crippen molar-refractivity contribution in [2.45, 2.75) is 0 Å². The number of nitrogens with two attached hydrogens (primary N) is 2. The molecular weight excluding hydrogens is 334 g/mol. The number of hydrogen-bond donors (Lipinski definition) is 3. The van der Waals surface area contributed by atoms with Gasteiger partial charge in [-0.2, -0.15) is 0 Å². The highest BCUT2D eigenvalue weighted by Crippen LogP contribution is 2.31. The van der Waals surface area contributed by atoms with Crippen molar-refractivity contribution in [3.63, 3.8) is 0 Å². The normalized spacial score (nSPS) is 10.7. The Kier molecular flexibility index (Phi) is 4.22. The number of benzene rings is 3. The molecule has 1 aromatic heterocycles. The molecule has 0 aliphatic heterocycles. The lowest BCUT2D eigenvalue weighted by Crippen LogP contribution is -1.92. The minimum atomic E-state index is 0.241. The van der Waals surface area contributed by atoms with Crippen molar-refractivity contribution in [1.82, 2.24) is 4.98 Å². The lowest BCUT2D eigenvalue weighted by Gasteiger charge is -2.11. The molecule has 0 saturated heterocycles.